The van der Waals surface area contributed by atoms with Gasteiger partial charge in [-0.05, 0) is 29.8 Å². The van der Waals surface area contributed by atoms with Crippen LogP contribution in [0.2, 0.25) is 5.02 Å². The largest absolute Gasteiger partial charge is 0.489 e. The third-order valence-electron chi connectivity index (χ3n) is 3.14. The number of ether oxygens (including phenoxy) is 1. The van der Waals surface area contributed by atoms with Gasteiger partial charge in [0, 0.05) is 17.6 Å². The van der Waals surface area contributed by atoms with Gasteiger partial charge in [0.2, 0.25) is 0 Å². The first-order valence-corrected chi connectivity index (χ1v) is 7.32. The van der Waals surface area contributed by atoms with E-state index in [1.54, 1.807) is 24.3 Å². The summed E-state index contributed by atoms with van der Waals surface area (Å²) < 4.78 is 5.68. The second-order valence-corrected chi connectivity index (χ2v) is 5.11. The van der Waals surface area contributed by atoms with Gasteiger partial charge < -0.3 is 10.1 Å². The Kier molecular flexibility index (Phi) is 5.79. The van der Waals surface area contributed by atoms with Crippen LogP contribution in [0.15, 0.2) is 54.1 Å². The monoisotopic (exact) mass is 326 g/mol. The predicted molar refractivity (Wildman–Crippen MR) is 89.9 cm³/mol. The van der Waals surface area contributed by atoms with E-state index in [-0.39, 0.29) is 5.57 Å². The van der Waals surface area contributed by atoms with E-state index in [0.29, 0.717) is 17.4 Å². The van der Waals surface area contributed by atoms with E-state index in [2.05, 4.69) is 5.32 Å². The molecule has 1 N–H and O–H groups in total. The maximum absolute atomic E-state index is 11.5. The maximum Gasteiger partial charge on any atom is 0.261 e. The first-order valence-electron chi connectivity index (χ1n) is 6.94. The Morgan fingerprint density at radius 1 is 1.26 bits per heavy atom. The number of nitrogens with one attached hydrogen (secondary N) is 1. The quantitative estimate of drug-likeness (QED) is 0.675. The minimum atomic E-state index is -0.411. The van der Waals surface area contributed by atoms with Crippen molar-refractivity contribution in [3.05, 3.63) is 70.3 Å². The number of carbonyl (C=O) groups is 1. The number of rotatable bonds is 5. The summed E-state index contributed by atoms with van der Waals surface area (Å²) in [6, 6.07) is 16.5. The Labute approximate surface area is 140 Å². The minimum Gasteiger partial charge on any atom is -0.489 e. The third-order valence-corrected chi connectivity index (χ3v) is 3.50. The van der Waals surface area contributed by atoms with Crippen molar-refractivity contribution in [3.63, 3.8) is 0 Å². The average molecular weight is 327 g/mol. The number of halogens is 1. The zero-order valence-corrected chi connectivity index (χ0v) is 13.3. The summed E-state index contributed by atoms with van der Waals surface area (Å²) in [5.41, 5.74) is 1.71. The fourth-order valence-electron chi connectivity index (χ4n) is 1.89. The van der Waals surface area contributed by atoms with Gasteiger partial charge in [-0.15, -0.1) is 0 Å². The van der Waals surface area contributed by atoms with Crippen molar-refractivity contribution in [1.82, 2.24) is 5.32 Å². The summed E-state index contributed by atoms with van der Waals surface area (Å²) in [5.74, 6) is 0.270. The van der Waals surface area contributed by atoms with Gasteiger partial charge in [0.1, 0.15) is 24.0 Å². The molecule has 0 radical (unpaired) electrons. The van der Waals surface area contributed by atoms with Crippen molar-refractivity contribution in [3.8, 4) is 11.8 Å². The van der Waals surface area contributed by atoms with E-state index in [1.165, 1.54) is 13.1 Å². The van der Waals surface area contributed by atoms with E-state index < -0.39 is 5.91 Å². The number of likely N-dealkylation sites (N-methyl/N-ethyl adjacent to an activating group) is 1. The molecule has 2 aromatic rings. The van der Waals surface area contributed by atoms with Crippen LogP contribution < -0.4 is 10.1 Å². The average Bonchev–Trinajstić information content (AvgIpc) is 2.59. The molecule has 0 spiro atoms. The Morgan fingerprint density at radius 2 is 1.96 bits per heavy atom. The molecule has 0 aliphatic carbocycles. The second kappa shape index (κ2) is 8.02. The summed E-state index contributed by atoms with van der Waals surface area (Å²) >= 11 is 6.08. The van der Waals surface area contributed by atoms with Crippen LogP contribution in [0.1, 0.15) is 11.1 Å². The lowest BCUT2D eigenvalue weighted by Gasteiger charge is -2.08. The Bertz CT molecular complexity index is 761. The molecule has 4 nitrogen and oxygen atoms in total. The number of nitriles is 1. The highest BCUT2D eigenvalue weighted by Crippen LogP contribution is 2.19. The van der Waals surface area contributed by atoms with Gasteiger partial charge in [0.25, 0.3) is 5.91 Å². The van der Waals surface area contributed by atoms with Gasteiger partial charge in [0.15, 0.2) is 0 Å². The molecule has 0 saturated heterocycles. The number of hydrogen-bond donors (Lipinski definition) is 1. The molecule has 0 aliphatic rings. The van der Waals surface area contributed by atoms with Crippen molar-refractivity contribution >= 4 is 23.6 Å². The molecule has 0 atom stereocenters. The smallest absolute Gasteiger partial charge is 0.261 e. The molecule has 2 aromatic carbocycles. The van der Waals surface area contributed by atoms with Crippen molar-refractivity contribution in [2.45, 2.75) is 6.61 Å². The van der Waals surface area contributed by atoms with Crippen molar-refractivity contribution < 1.29 is 9.53 Å². The van der Waals surface area contributed by atoms with Crippen molar-refractivity contribution in [2.24, 2.45) is 0 Å². The van der Waals surface area contributed by atoms with Crippen LogP contribution in [0, 0.1) is 11.3 Å². The fraction of sp³-hybridized carbons (Fsp3) is 0.111. The molecule has 116 valence electrons. The molecule has 0 bridgehead atoms. The number of carbonyl (C=O) groups excluding carboxylic acids is 1. The maximum atomic E-state index is 11.5. The molecule has 0 unspecified atom stereocenters. The van der Waals surface area contributed by atoms with Gasteiger partial charge >= 0.3 is 0 Å². The predicted octanol–water partition coefficient (Wildman–Crippen LogP) is 3.57. The molecule has 0 heterocycles. The highest BCUT2D eigenvalue weighted by Gasteiger charge is 2.06. The molecular weight excluding hydrogens is 312 g/mol. The summed E-state index contributed by atoms with van der Waals surface area (Å²) in [7, 11) is 1.49. The van der Waals surface area contributed by atoms with Crippen LogP contribution in [0.4, 0.5) is 0 Å². The molecule has 0 aromatic heterocycles. The van der Waals surface area contributed by atoms with Crippen LogP contribution in [-0.2, 0) is 11.4 Å². The number of hydrogen-bond acceptors (Lipinski definition) is 3. The molecule has 23 heavy (non-hydrogen) atoms. The van der Waals surface area contributed by atoms with Crippen LogP contribution >= 0.6 is 11.6 Å². The molecule has 0 fully saturated rings. The normalized spacial score (nSPS) is 10.7. The van der Waals surface area contributed by atoms with E-state index in [9.17, 15) is 4.79 Å². The summed E-state index contributed by atoms with van der Waals surface area (Å²) in [6.45, 7) is 0.372. The van der Waals surface area contributed by atoms with Gasteiger partial charge in [-0.3, -0.25) is 4.79 Å². The lowest BCUT2D eigenvalue weighted by molar-refractivity contribution is -0.116. The zero-order chi connectivity index (χ0) is 16.7. The molecule has 0 saturated carbocycles. The minimum absolute atomic E-state index is 0.0530. The molecule has 0 aliphatic heterocycles. The Balaban J connectivity index is 2.05. The Morgan fingerprint density at radius 3 is 2.57 bits per heavy atom. The fourth-order valence-corrected chi connectivity index (χ4v) is 2.08. The van der Waals surface area contributed by atoms with E-state index in [0.717, 1.165) is 11.1 Å². The van der Waals surface area contributed by atoms with Gasteiger partial charge in [-0.2, -0.15) is 5.26 Å². The van der Waals surface area contributed by atoms with Gasteiger partial charge in [0.05, 0.1) is 0 Å². The third kappa shape index (κ3) is 4.60. The first kappa shape index (κ1) is 16.6. The number of benzene rings is 2. The summed E-state index contributed by atoms with van der Waals surface area (Å²) in [6.07, 6.45) is 1.52. The van der Waals surface area contributed by atoms with Crippen LogP contribution in [-0.4, -0.2) is 13.0 Å². The standard InChI is InChI=1S/C18H15ClN2O2/c1-21-18(22)15(11-20)10-13-6-8-16(9-7-13)23-12-14-4-2-3-5-17(14)19/h2-10H,12H2,1H3,(H,21,22)/b15-10-. The Hall–Kier alpha value is -2.77. The van der Waals surface area contributed by atoms with Crippen LogP contribution in [0.5, 0.6) is 5.75 Å². The first-order chi connectivity index (χ1) is 11.1. The number of nitrogens with zero attached hydrogens (tertiary/aromatic N) is 1. The highest BCUT2D eigenvalue weighted by molar-refractivity contribution is 6.31. The zero-order valence-electron chi connectivity index (χ0n) is 12.5. The van der Waals surface area contributed by atoms with Gasteiger partial charge in [-0.25, -0.2) is 0 Å². The van der Waals surface area contributed by atoms with Gasteiger partial charge in [-0.1, -0.05) is 41.9 Å². The van der Waals surface area contributed by atoms with Crippen molar-refractivity contribution in [1.29, 1.82) is 5.26 Å². The van der Waals surface area contributed by atoms with Crippen molar-refractivity contribution in [2.75, 3.05) is 7.05 Å². The molecule has 1 amide bonds. The van der Waals surface area contributed by atoms with E-state index >= 15 is 0 Å². The van der Waals surface area contributed by atoms with E-state index in [1.807, 2.05) is 30.3 Å². The van der Waals surface area contributed by atoms with E-state index in [4.69, 9.17) is 21.6 Å². The molecular formula is C18H15ClN2O2. The summed E-state index contributed by atoms with van der Waals surface area (Å²) in [5, 5.41) is 12.1. The van der Waals surface area contributed by atoms with Crippen LogP contribution in [0.25, 0.3) is 6.08 Å². The molecule has 5 heteroatoms. The topological polar surface area (TPSA) is 62.1 Å². The second-order valence-electron chi connectivity index (χ2n) is 4.70. The van der Waals surface area contributed by atoms with Crippen LogP contribution in [0.3, 0.4) is 0 Å². The summed E-state index contributed by atoms with van der Waals surface area (Å²) in [4.78, 5) is 11.5. The lowest BCUT2D eigenvalue weighted by atomic mass is 10.1. The highest BCUT2D eigenvalue weighted by atomic mass is 35.5. The lowest BCUT2D eigenvalue weighted by Crippen LogP contribution is -2.19. The molecule has 2 rings (SSSR count). The SMILES string of the molecule is CNC(=O)/C(C#N)=C\c1ccc(OCc2ccccc2Cl)cc1. The number of amides is 1.